The third-order valence-corrected chi connectivity index (χ3v) is 10.0. The van der Waals surface area contributed by atoms with Crippen molar-refractivity contribution in [3.8, 4) is 39.4 Å². The van der Waals surface area contributed by atoms with E-state index in [-0.39, 0.29) is 17.8 Å². The van der Waals surface area contributed by atoms with Crippen molar-refractivity contribution in [2.24, 2.45) is 5.92 Å². The molecule has 3 aromatic carbocycles. The van der Waals surface area contributed by atoms with Gasteiger partial charge in [-0.2, -0.15) is 0 Å². The van der Waals surface area contributed by atoms with Gasteiger partial charge in [0.2, 0.25) is 11.8 Å². The first-order valence-corrected chi connectivity index (χ1v) is 17.0. The van der Waals surface area contributed by atoms with Crippen molar-refractivity contribution in [1.82, 2.24) is 15.6 Å². The molecule has 1 saturated heterocycles. The zero-order valence-corrected chi connectivity index (χ0v) is 27.9. The molecule has 47 heavy (non-hydrogen) atoms. The second-order valence-corrected chi connectivity index (χ2v) is 13.2. The third kappa shape index (κ3) is 7.69. The number of halogens is 3. The van der Waals surface area contributed by atoms with Crippen LogP contribution in [0.3, 0.4) is 0 Å². The number of hydrogen-bond donors (Lipinski definition) is 2. The lowest BCUT2D eigenvalue weighted by Crippen LogP contribution is -2.25. The molecule has 1 amide bonds. The molecule has 2 heterocycles. The molecule has 244 valence electrons. The largest absolute Gasteiger partial charge is 0.481 e. The molecule has 9 heteroatoms. The number of pyridine rings is 1. The predicted molar refractivity (Wildman–Crippen MR) is 185 cm³/mol. The summed E-state index contributed by atoms with van der Waals surface area (Å²) < 4.78 is 21.1. The van der Waals surface area contributed by atoms with Crippen molar-refractivity contribution in [2.75, 3.05) is 13.7 Å². The first-order chi connectivity index (χ1) is 22.8. The van der Waals surface area contributed by atoms with Crippen LogP contribution in [0.4, 0.5) is 4.39 Å². The predicted octanol–water partition coefficient (Wildman–Crippen LogP) is 8.60. The molecular formula is C38H38Cl2FN3O3. The SMILES string of the molecule is COc1nc(-c2cccc(-c3cccc(-c4ccc(CNC[C@@H]5CCC(=O)C5)cc4F)c3Cl)c2Cl)ccc1CCC[C@@H]1CCC(=O)N1. The van der Waals surface area contributed by atoms with Crippen LogP contribution in [0.2, 0.25) is 10.0 Å². The van der Waals surface area contributed by atoms with Gasteiger partial charge in [-0.25, -0.2) is 9.37 Å². The molecule has 0 radical (unpaired) electrons. The van der Waals surface area contributed by atoms with E-state index in [1.165, 1.54) is 6.07 Å². The zero-order chi connectivity index (χ0) is 32.9. The van der Waals surface area contributed by atoms with Crippen LogP contribution in [0.15, 0.2) is 66.7 Å². The highest BCUT2D eigenvalue weighted by atomic mass is 35.5. The Morgan fingerprint density at radius 2 is 1.64 bits per heavy atom. The van der Waals surface area contributed by atoms with Crippen molar-refractivity contribution in [2.45, 2.75) is 64.0 Å². The number of nitrogens with zero attached hydrogens (tertiary/aromatic N) is 1. The number of carbonyl (C=O) groups is 2. The summed E-state index contributed by atoms with van der Waals surface area (Å²) in [5, 5.41) is 7.27. The van der Waals surface area contributed by atoms with Gasteiger partial charge in [-0.15, -0.1) is 0 Å². The second kappa shape index (κ2) is 15.0. The Morgan fingerprint density at radius 3 is 2.30 bits per heavy atom. The Hall–Kier alpha value is -3.78. The summed E-state index contributed by atoms with van der Waals surface area (Å²) in [6.07, 6.45) is 6.32. The Morgan fingerprint density at radius 1 is 0.915 bits per heavy atom. The number of amides is 1. The zero-order valence-electron chi connectivity index (χ0n) is 26.4. The minimum Gasteiger partial charge on any atom is -0.481 e. The van der Waals surface area contributed by atoms with E-state index in [0.717, 1.165) is 55.3 Å². The fourth-order valence-corrected chi connectivity index (χ4v) is 7.33. The van der Waals surface area contributed by atoms with Gasteiger partial charge in [0.05, 0.1) is 22.8 Å². The number of aryl methyl sites for hydroxylation is 1. The third-order valence-electron chi connectivity index (χ3n) is 9.21. The summed E-state index contributed by atoms with van der Waals surface area (Å²) >= 11 is 14.0. The highest BCUT2D eigenvalue weighted by molar-refractivity contribution is 6.39. The first-order valence-electron chi connectivity index (χ1n) is 16.2. The molecule has 0 unspecified atom stereocenters. The van der Waals surface area contributed by atoms with E-state index in [1.54, 1.807) is 13.2 Å². The molecule has 2 N–H and O–H groups in total. The smallest absolute Gasteiger partial charge is 0.220 e. The number of rotatable bonds is 12. The Bertz CT molecular complexity index is 1800. The number of aromatic nitrogens is 1. The quantitative estimate of drug-likeness (QED) is 0.157. The van der Waals surface area contributed by atoms with Crippen molar-refractivity contribution >= 4 is 34.9 Å². The summed E-state index contributed by atoms with van der Waals surface area (Å²) in [4.78, 5) is 27.8. The highest BCUT2D eigenvalue weighted by Crippen LogP contribution is 2.43. The molecule has 2 fully saturated rings. The molecule has 0 bridgehead atoms. The highest BCUT2D eigenvalue weighted by Gasteiger charge is 2.23. The van der Waals surface area contributed by atoms with E-state index in [1.807, 2.05) is 54.6 Å². The Kier molecular flexibility index (Phi) is 10.6. The standard InChI is InChI=1S/C38H38Cl2FN3O3/c1-47-38-25(5-2-6-26-14-18-35(46)43-26)13-17-34(44-38)32-10-4-9-31(37(32)40)30-8-3-7-29(36(30)39)28-16-12-24(20-33(28)41)22-42-21-23-11-15-27(45)19-23/h3-4,7-10,12-13,16-17,20,23,26,42H,2,5-6,11,14-15,18-19,21-22H2,1H3,(H,43,46)/t23-,26-/m1/s1. The fraction of sp³-hybridized carbons (Fsp3) is 0.342. The maximum Gasteiger partial charge on any atom is 0.220 e. The van der Waals surface area contributed by atoms with E-state index in [4.69, 9.17) is 32.9 Å². The van der Waals surface area contributed by atoms with Gasteiger partial charge in [0.25, 0.3) is 0 Å². The summed E-state index contributed by atoms with van der Waals surface area (Å²) in [5.41, 5.74) is 5.62. The van der Waals surface area contributed by atoms with E-state index in [2.05, 4.69) is 10.6 Å². The normalized spacial score (nSPS) is 17.7. The van der Waals surface area contributed by atoms with Gasteiger partial charge < -0.3 is 15.4 Å². The molecule has 1 aliphatic carbocycles. The topological polar surface area (TPSA) is 80.3 Å². The number of hydrogen-bond acceptors (Lipinski definition) is 5. The second-order valence-electron chi connectivity index (χ2n) is 12.5. The van der Waals surface area contributed by atoms with E-state index < -0.39 is 0 Å². The van der Waals surface area contributed by atoms with Crippen LogP contribution >= 0.6 is 23.2 Å². The average Bonchev–Trinajstić information content (AvgIpc) is 3.68. The monoisotopic (exact) mass is 673 g/mol. The summed E-state index contributed by atoms with van der Waals surface area (Å²) in [5.74, 6) is 1.00. The molecule has 4 aromatic rings. The van der Waals surface area contributed by atoms with Gasteiger partial charge in [-0.1, -0.05) is 77.8 Å². The number of ketones is 1. The lowest BCUT2D eigenvalue weighted by molar-refractivity contribution is -0.119. The van der Waals surface area contributed by atoms with Crippen LogP contribution in [0.1, 0.15) is 56.1 Å². The molecule has 1 aromatic heterocycles. The lowest BCUT2D eigenvalue weighted by Gasteiger charge is -2.16. The molecule has 1 aliphatic heterocycles. The number of nitrogens with one attached hydrogen (secondary N) is 2. The first kappa shape index (κ1) is 33.1. The van der Waals surface area contributed by atoms with Gasteiger partial charge in [0, 0.05) is 65.2 Å². The van der Waals surface area contributed by atoms with Crippen LogP contribution < -0.4 is 15.4 Å². The van der Waals surface area contributed by atoms with E-state index >= 15 is 4.39 Å². The van der Waals surface area contributed by atoms with Crippen LogP contribution in [0.5, 0.6) is 5.88 Å². The maximum absolute atomic E-state index is 15.5. The summed E-state index contributed by atoms with van der Waals surface area (Å²) in [6.45, 7) is 1.27. The van der Waals surface area contributed by atoms with Gasteiger partial charge in [0.15, 0.2) is 0 Å². The van der Waals surface area contributed by atoms with Crippen LogP contribution in [-0.4, -0.2) is 36.4 Å². The summed E-state index contributed by atoms with van der Waals surface area (Å²) in [6, 6.07) is 20.6. The van der Waals surface area contributed by atoms with Gasteiger partial charge >= 0.3 is 0 Å². The number of benzene rings is 3. The molecule has 6 nitrogen and oxygen atoms in total. The molecule has 6 rings (SSSR count). The van der Waals surface area contributed by atoms with Crippen molar-refractivity contribution < 1.29 is 18.7 Å². The van der Waals surface area contributed by atoms with Crippen molar-refractivity contribution in [3.05, 3.63) is 93.7 Å². The molecule has 2 aliphatic rings. The van der Waals surface area contributed by atoms with Gasteiger partial charge in [-0.3, -0.25) is 9.59 Å². The van der Waals surface area contributed by atoms with Crippen molar-refractivity contribution in [1.29, 1.82) is 0 Å². The molecule has 2 atom stereocenters. The summed E-state index contributed by atoms with van der Waals surface area (Å²) in [7, 11) is 1.61. The number of methoxy groups -OCH3 is 1. The van der Waals surface area contributed by atoms with Crippen LogP contribution in [0.25, 0.3) is 33.5 Å². The Labute approximate surface area is 285 Å². The maximum atomic E-state index is 15.5. The molecule has 0 spiro atoms. The number of ether oxygens (including phenoxy) is 1. The minimum absolute atomic E-state index is 0.131. The van der Waals surface area contributed by atoms with E-state index in [9.17, 15) is 9.59 Å². The van der Waals surface area contributed by atoms with Gasteiger partial charge in [-0.05, 0) is 62.3 Å². The fourth-order valence-electron chi connectivity index (χ4n) is 6.68. The Balaban J connectivity index is 1.19. The average molecular weight is 675 g/mol. The van der Waals surface area contributed by atoms with Crippen LogP contribution in [0, 0.1) is 11.7 Å². The molecule has 1 saturated carbocycles. The number of Topliss-reactive ketones (excluding diaryl/α,β-unsaturated/α-hetero) is 1. The van der Waals surface area contributed by atoms with E-state index in [0.29, 0.717) is 81.4 Å². The lowest BCUT2D eigenvalue weighted by atomic mass is 9.96. The van der Waals surface area contributed by atoms with Crippen molar-refractivity contribution in [3.63, 3.8) is 0 Å². The molecular weight excluding hydrogens is 636 g/mol. The minimum atomic E-state index is -0.358. The van der Waals surface area contributed by atoms with Gasteiger partial charge in [0.1, 0.15) is 11.6 Å². The number of carbonyl (C=O) groups excluding carboxylic acids is 2. The van der Waals surface area contributed by atoms with Crippen LogP contribution in [-0.2, 0) is 22.6 Å².